The van der Waals surface area contributed by atoms with E-state index in [2.05, 4.69) is 9.97 Å². The van der Waals surface area contributed by atoms with E-state index in [4.69, 9.17) is 5.73 Å². The van der Waals surface area contributed by atoms with Gasteiger partial charge in [-0.15, -0.1) is 0 Å². The van der Waals surface area contributed by atoms with E-state index in [9.17, 15) is 13.2 Å². The number of rotatable bonds is 0. The van der Waals surface area contributed by atoms with Crippen molar-refractivity contribution >= 4 is 5.69 Å². The lowest BCUT2D eigenvalue weighted by molar-refractivity contribution is -0.141. The fourth-order valence-corrected chi connectivity index (χ4v) is 0.911. The molecule has 0 aliphatic rings. The number of hydrogen-bond donors (Lipinski definition) is 1. The highest BCUT2D eigenvalue weighted by molar-refractivity contribution is 5.35. The van der Waals surface area contributed by atoms with Gasteiger partial charge in [0.15, 0.2) is 0 Å². The Kier molecular flexibility index (Phi) is 4.45. The van der Waals surface area contributed by atoms with Crippen LogP contribution in [-0.4, -0.2) is 9.97 Å². The third kappa shape index (κ3) is 4.96. The summed E-state index contributed by atoms with van der Waals surface area (Å²) >= 11 is 0. The molecule has 0 saturated carbocycles. The van der Waals surface area contributed by atoms with Crippen molar-refractivity contribution in [3.8, 4) is 0 Å². The molecule has 0 unspecified atom stereocenters. The van der Waals surface area contributed by atoms with E-state index < -0.39 is 11.9 Å². The normalized spacial score (nSPS) is 10.3. The van der Waals surface area contributed by atoms with Gasteiger partial charge in [0.2, 0.25) is 0 Å². The SMILES string of the molecule is FC(F)(F)c1ccncn1.Nc1ccccc1. The Balaban J connectivity index is 0.000000181. The highest BCUT2D eigenvalue weighted by Crippen LogP contribution is 2.26. The van der Waals surface area contributed by atoms with Crippen molar-refractivity contribution in [2.45, 2.75) is 6.18 Å². The summed E-state index contributed by atoms with van der Waals surface area (Å²) in [5, 5.41) is 0. The molecule has 3 nitrogen and oxygen atoms in total. The molecular weight excluding hydrogens is 231 g/mol. The average molecular weight is 241 g/mol. The number of nitrogen functional groups attached to an aromatic ring is 1. The minimum absolute atomic E-state index is 0.819. The average Bonchev–Trinajstić information content (AvgIpc) is 2.31. The van der Waals surface area contributed by atoms with Crippen molar-refractivity contribution in [2.75, 3.05) is 5.73 Å². The molecule has 0 spiro atoms. The van der Waals surface area contributed by atoms with E-state index in [0.717, 1.165) is 24.3 Å². The third-order valence-electron chi connectivity index (χ3n) is 1.67. The highest BCUT2D eigenvalue weighted by atomic mass is 19.4. The number of nitrogens with two attached hydrogens (primary N) is 1. The summed E-state index contributed by atoms with van der Waals surface area (Å²) in [5.74, 6) is 0. The van der Waals surface area contributed by atoms with Crippen LogP contribution in [-0.2, 0) is 6.18 Å². The molecule has 90 valence electrons. The predicted octanol–water partition coefficient (Wildman–Crippen LogP) is 2.76. The maximum absolute atomic E-state index is 11.7. The number of nitrogens with zero attached hydrogens (tertiary/aromatic N) is 2. The van der Waals surface area contributed by atoms with Gasteiger partial charge in [0, 0.05) is 11.9 Å². The van der Waals surface area contributed by atoms with Gasteiger partial charge >= 0.3 is 6.18 Å². The second-order valence-electron chi connectivity index (χ2n) is 3.00. The molecule has 0 saturated heterocycles. The maximum atomic E-state index is 11.7. The zero-order valence-electron chi connectivity index (χ0n) is 8.72. The summed E-state index contributed by atoms with van der Waals surface area (Å²) in [7, 11) is 0. The molecule has 2 N–H and O–H groups in total. The molecule has 0 aliphatic carbocycles. The van der Waals surface area contributed by atoms with Gasteiger partial charge in [0.05, 0.1) is 0 Å². The van der Waals surface area contributed by atoms with Gasteiger partial charge in [-0.05, 0) is 18.2 Å². The fraction of sp³-hybridized carbons (Fsp3) is 0.0909. The Morgan fingerprint density at radius 3 is 1.94 bits per heavy atom. The van der Waals surface area contributed by atoms with Gasteiger partial charge in [-0.2, -0.15) is 13.2 Å². The number of aromatic nitrogens is 2. The molecular formula is C11H10F3N3. The fourth-order valence-electron chi connectivity index (χ4n) is 0.911. The smallest absolute Gasteiger partial charge is 0.399 e. The zero-order chi connectivity index (χ0) is 12.7. The Bertz CT molecular complexity index is 429. The van der Waals surface area contributed by atoms with Crippen LogP contribution in [0, 0.1) is 0 Å². The summed E-state index contributed by atoms with van der Waals surface area (Å²) in [6, 6.07) is 10.3. The van der Waals surface area contributed by atoms with Gasteiger partial charge in [0.25, 0.3) is 0 Å². The van der Waals surface area contributed by atoms with Crippen molar-refractivity contribution in [3.05, 3.63) is 54.6 Å². The Morgan fingerprint density at radius 2 is 1.65 bits per heavy atom. The molecule has 2 rings (SSSR count). The Morgan fingerprint density at radius 1 is 1.00 bits per heavy atom. The minimum Gasteiger partial charge on any atom is -0.399 e. The number of halogens is 3. The lowest BCUT2D eigenvalue weighted by Gasteiger charge is -2.02. The van der Waals surface area contributed by atoms with Crippen molar-refractivity contribution < 1.29 is 13.2 Å². The van der Waals surface area contributed by atoms with Crippen molar-refractivity contribution in [3.63, 3.8) is 0 Å². The van der Waals surface area contributed by atoms with E-state index in [-0.39, 0.29) is 0 Å². The van der Waals surface area contributed by atoms with Gasteiger partial charge in [-0.1, -0.05) is 18.2 Å². The van der Waals surface area contributed by atoms with Crippen molar-refractivity contribution in [1.29, 1.82) is 0 Å². The van der Waals surface area contributed by atoms with Crippen LogP contribution in [0.3, 0.4) is 0 Å². The zero-order valence-corrected chi connectivity index (χ0v) is 8.72. The first-order valence-electron chi connectivity index (χ1n) is 4.64. The van der Waals surface area contributed by atoms with Crippen molar-refractivity contribution in [1.82, 2.24) is 9.97 Å². The first kappa shape index (κ1) is 13.0. The Hall–Kier alpha value is -2.11. The summed E-state index contributed by atoms with van der Waals surface area (Å²) in [5.41, 5.74) is 5.27. The molecule has 2 aromatic rings. The van der Waals surface area contributed by atoms with Crippen molar-refractivity contribution in [2.24, 2.45) is 0 Å². The molecule has 0 radical (unpaired) electrons. The standard InChI is InChI=1S/C6H7N.C5H3F3N2/c7-6-4-2-1-3-5-6;6-5(7,8)4-1-2-9-3-10-4/h1-5H,7H2;1-3H. The molecule has 0 atom stereocenters. The number of alkyl halides is 3. The molecule has 17 heavy (non-hydrogen) atoms. The summed E-state index contributed by atoms with van der Waals surface area (Å²) in [6.07, 6.45) is -2.44. The van der Waals surface area contributed by atoms with Crippen LogP contribution in [0.25, 0.3) is 0 Å². The van der Waals surface area contributed by atoms with E-state index in [1.165, 1.54) is 0 Å². The topological polar surface area (TPSA) is 51.8 Å². The maximum Gasteiger partial charge on any atom is 0.433 e. The molecule has 0 fully saturated rings. The predicted molar refractivity (Wildman–Crippen MR) is 57.9 cm³/mol. The largest absolute Gasteiger partial charge is 0.433 e. The van der Waals surface area contributed by atoms with Gasteiger partial charge < -0.3 is 5.73 Å². The third-order valence-corrected chi connectivity index (χ3v) is 1.67. The summed E-state index contributed by atoms with van der Waals surface area (Å²) in [6.45, 7) is 0. The van der Waals surface area contributed by atoms with Crippen LogP contribution in [0.2, 0.25) is 0 Å². The van der Waals surface area contributed by atoms with Crippen LogP contribution < -0.4 is 5.73 Å². The molecule has 0 amide bonds. The number of anilines is 1. The van der Waals surface area contributed by atoms with Crippen LogP contribution in [0.5, 0.6) is 0 Å². The van der Waals surface area contributed by atoms with Crippen LogP contribution in [0.4, 0.5) is 18.9 Å². The van der Waals surface area contributed by atoms with E-state index >= 15 is 0 Å². The molecule has 1 heterocycles. The summed E-state index contributed by atoms with van der Waals surface area (Å²) in [4.78, 5) is 6.36. The Labute approximate surface area is 96.1 Å². The molecule has 0 bridgehead atoms. The number of benzene rings is 1. The minimum atomic E-state index is -4.36. The number of hydrogen-bond acceptors (Lipinski definition) is 3. The molecule has 6 heteroatoms. The van der Waals surface area contributed by atoms with Gasteiger partial charge in [-0.25, -0.2) is 9.97 Å². The first-order valence-corrected chi connectivity index (χ1v) is 4.64. The molecule has 1 aromatic carbocycles. The second-order valence-corrected chi connectivity index (χ2v) is 3.00. The van der Waals surface area contributed by atoms with Crippen LogP contribution in [0.1, 0.15) is 5.69 Å². The lowest BCUT2D eigenvalue weighted by atomic mass is 10.3. The van der Waals surface area contributed by atoms with E-state index in [0.29, 0.717) is 0 Å². The van der Waals surface area contributed by atoms with Crippen LogP contribution in [0.15, 0.2) is 48.9 Å². The molecule has 1 aromatic heterocycles. The van der Waals surface area contributed by atoms with E-state index in [1.807, 2.05) is 30.3 Å². The number of para-hydroxylation sites is 1. The quantitative estimate of drug-likeness (QED) is 0.721. The van der Waals surface area contributed by atoms with Crippen LogP contribution >= 0.6 is 0 Å². The molecule has 0 aliphatic heterocycles. The summed E-state index contributed by atoms with van der Waals surface area (Å²) < 4.78 is 35.1. The van der Waals surface area contributed by atoms with Gasteiger partial charge in [-0.3, -0.25) is 0 Å². The monoisotopic (exact) mass is 241 g/mol. The highest BCUT2D eigenvalue weighted by Gasteiger charge is 2.31. The van der Waals surface area contributed by atoms with Gasteiger partial charge in [0.1, 0.15) is 12.0 Å². The first-order chi connectivity index (χ1) is 8.00. The second kappa shape index (κ2) is 5.83. The van der Waals surface area contributed by atoms with E-state index in [1.54, 1.807) is 0 Å². The lowest BCUT2D eigenvalue weighted by Crippen LogP contribution is -2.07.